The minimum Gasteiger partial charge on any atom is -0.504 e. The molecule has 2 aromatic carbocycles. The highest BCUT2D eigenvalue weighted by Gasteiger charge is 2.20. The van der Waals surface area contributed by atoms with Gasteiger partial charge in [0.25, 0.3) is 0 Å². The Morgan fingerprint density at radius 3 is 2.62 bits per heavy atom. The number of hydrogen-bond donors (Lipinski definition) is 2. The summed E-state index contributed by atoms with van der Waals surface area (Å²) in [5.41, 5.74) is 1.14. The van der Waals surface area contributed by atoms with Crippen LogP contribution in [0.1, 0.15) is 6.92 Å². The fourth-order valence-electron chi connectivity index (χ4n) is 2.58. The summed E-state index contributed by atoms with van der Waals surface area (Å²) in [5, 5.41) is 24.9. The van der Waals surface area contributed by atoms with Crippen LogP contribution < -0.4 is 14.8 Å². The molecule has 1 heterocycles. The number of phenols is 1. The number of aromatic nitrogens is 1. The Labute approximate surface area is 149 Å². The van der Waals surface area contributed by atoms with Crippen LogP contribution in [0.2, 0.25) is 0 Å². The highest BCUT2D eigenvalue weighted by Crippen LogP contribution is 2.39. The van der Waals surface area contributed by atoms with E-state index >= 15 is 0 Å². The van der Waals surface area contributed by atoms with Crippen molar-refractivity contribution >= 4 is 28.0 Å². The van der Waals surface area contributed by atoms with Crippen molar-refractivity contribution in [3.63, 3.8) is 0 Å². The summed E-state index contributed by atoms with van der Waals surface area (Å²) in [4.78, 5) is 15.0. The number of nitrogens with one attached hydrogen (secondary N) is 1. The fraction of sp³-hybridized carbons (Fsp3) is 0.167. The van der Waals surface area contributed by atoms with Gasteiger partial charge >= 0.3 is 5.69 Å². The van der Waals surface area contributed by atoms with E-state index in [0.717, 1.165) is 6.20 Å². The van der Waals surface area contributed by atoms with Gasteiger partial charge in [0.15, 0.2) is 11.5 Å². The standard InChI is InChI=1S/C18H17N3O5/c1-3-26-12-6-4-11(5-7-12)20-18-13-8-17(25-2)16(22)9-14(13)19-10-15(18)21(23)24/h4-10,22H,3H2,1-2H3,(H,19,20). The van der Waals surface area contributed by atoms with E-state index in [1.807, 2.05) is 6.92 Å². The number of nitrogens with zero attached hydrogens (tertiary/aromatic N) is 2. The number of anilines is 2. The average molecular weight is 355 g/mol. The molecule has 8 heteroatoms. The molecule has 134 valence electrons. The first-order chi connectivity index (χ1) is 12.5. The van der Waals surface area contributed by atoms with E-state index in [0.29, 0.717) is 28.9 Å². The molecule has 0 atom stereocenters. The van der Waals surface area contributed by atoms with Gasteiger partial charge in [0.05, 0.1) is 24.2 Å². The van der Waals surface area contributed by atoms with Crippen LogP contribution in [0.25, 0.3) is 10.9 Å². The number of phenolic OH excluding ortho intramolecular Hbond substituents is 1. The van der Waals surface area contributed by atoms with Crippen LogP contribution in [0.15, 0.2) is 42.6 Å². The van der Waals surface area contributed by atoms with Crippen LogP contribution in [-0.2, 0) is 0 Å². The van der Waals surface area contributed by atoms with Crippen molar-refractivity contribution in [1.82, 2.24) is 4.98 Å². The van der Waals surface area contributed by atoms with Crippen molar-refractivity contribution in [2.45, 2.75) is 6.92 Å². The summed E-state index contributed by atoms with van der Waals surface area (Å²) in [5.74, 6) is 0.821. The molecule has 0 saturated heterocycles. The zero-order chi connectivity index (χ0) is 18.7. The van der Waals surface area contributed by atoms with Crippen LogP contribution >= 0.6 is 0 Å². The van der Waals surface area contributed by atoms with Crippen LogP contribution in [0, 0.1) is 10.1 Å². The van der Waals surface area contributed by atoms with E-state index in [1.165, 1.54) is 19.2 Å². The molecule has 3 aromatic rings. The molecular weight excluding hydrogens is 338 g/mol. The molecule has 0 unspecified atom stereocenters. The third-order valence-electron chi connectivity index (χ3n) is 3.78. The predicted molar refractivity (Wildman–Crippen MR) is 97.5 cm³/mol. The number of methoxy groups -OCH3 is 1. The maximum absolute atomic E-state index is 11.4. The van der Waals surface area contributed by atoms with Gasteiger partial charge in [0.2, 0.25) is 0 Å². The van der Waals surface area contributed by atoms with E-state index in [9.17, 15) is 15.2 Å². The molecule has 0 aliphatic rings. The summed E-state index contributed by atoms with van der Waals surface area (Å²) in [6.07, 6.45) is 1.16. The van der Waals surface area contributed by atoms with Gasteiger partial charge in [-0.2, -0.15) is 0 Å². The first-order valence-corrected chi connectivity index (χ1v) is 7.87. The molecular formula is C18H17N3O5. The average Bonchev–Trinajstić information content (AvgIpc) is 2.63. The molecule has 0 aliphatic heterocycles. The molecule has 8 nitrogen and oxygen atoms in total. The van der Waals surface area contributed by atoms with Gasteiger partial charge < -0.3 is 19.9 Å². The Balaban J connectivity index is 2.11. The number of benzene rings is 2. The van der Waals surface area contributed by atoms with Crippen molar-refractivity contribution in [2.75, 3.05) is 19.0 Å². The maximum atomic E-state index is 11.4. The minimum absolute atomic E-state index is 0.0895. The smallest absolute Gasteiger partial charge is 0.311 e. The molecule has 0 radical (unpaired) electrons. The Bertz CT molecular complexity index is 957. The summed E-state index contributed by atoms with van der Waals surface area (Å²) < 4.78 is 10.5. The molecule has 0 bridgehead atoms. The molecule has 1 aromatic heterocycles. The molecule has 2 N–H and O–H groups in total. The van der Waals surface area contributed by atoms with E-state index in [-0.39, 0.29) is 22.9 Å². The summed E-state index contributed by atoms with van der Waals surface area (Å²) in [7, 11) is 1.41. The van der Waals surface area contributed by atoms with Gasteiger partial charge in [-0.3, -0.25) is 10.1 Å². The van der Waals surface area contributed by atoms with E-state index in [1.54, 1.807) is 24.3 Å². The highest BCUT2D eigenvalue weighted by molar-refractivity contribution is 5.99. The molecule has 0 saturated carbocycles. The Morgan fingerprint density at radius 2 is 2.00 bits per heavy atom. The second kappa shape index (κ2) is 7.14. The van der Waals surface area contributed by atoms with Gasteiger partial charge in [-0.25, -0.2) is 4.98 Å². The van der Waals surface area contributed by atoms with Gasteiger partial charge in [-0.05, 0) is 37.3 Å². The minimum atomic E-state index is -0.511. The molecule has 0 fully saturated rings. The van der Waals surface area contributed by atoms with Crippen molar-refractivity contribution < 1.29 is 19.5 Å². The fourth-order valence-corrected chi connectivity index (χ4v) is 2.58. The normalized spacial score (nSPS) is 10.5. The van der Waals surface area contributed by atoms with Crippen molar-refractivity contribution in [3.05, 3.63) is 52.7 Å². The third kappa shape index (κ3) is 3.30. The van der Waals surface area contributed by atoms with Crippen molar-refractivity contribution in [3.8, 4) is 17.2 Å². The Hall–Kier alpha value is -3.55. The molecule has 0 amide bonds. The number of pyridine rings is 1. The van der Waals surface area contributed by atoms with E-state index in [2.05, 4.69) is 10.3 Å². The summed E-state index contributed by atoms with van der Waals surface area (Å²) >= 11 is 0. The topological polar surface area (TPSA) is 107 Å². The Kier molecular flexibility index (Phi) is 4.74. The number of aromatic hydroxyl groups is 1. The van der Waals surface area contributed by atoms with Gasteiger partial charge in [0.1, 0.15) is 17.6 Å². The number of nitro groups is 1. The van der Waals surface area contributed by atoms with E-state index < -0.39 is 4.92 Å². The quantitative estimate of drug-likeness (QED) is 0.508. The SMILES string of the molecule is CCOc1ccc(Nc2c([N+](=O)[O-])cnc3cc(O)c(OC)cc23)cc1. The van der Waals surface area contributed by atoms with Crippen LogP contribution in [0.5, 0.6) is 17.2 Å². The number of hydrogen-bond acceptors (Lipinski definition) is 7. The molecule has 26 heavy (non-hydrogen) atoms. The first kappa shape index (κ1) is 17.3. The summed E-state index contributed by atoms with van der Waals surface area (Å²) in [6.45, 7) is 2.44. The lowest BCUT2D eigenvalue weighted by Gasteiger charge is -2.12. The lowest BCUT2D eigenvalue weighted by molar-refractivity contribution is -0.384. The Morgan fingerprint density at radius 1 is 1.27 bits per heavy atom. The van der Waals surface area contributed by atoms with Crippen molar-refractivity contribution in [2.24, 2.45) is 0 Å². The van der Waals surface area contributed by atoms with Crippen LogP contribution in [0.3, 0.4) is 0 Å². The zero-order valence-electron chi connectivity index (χ0n) is 14.2. The highest BCUT2D eigenvalue weighted by atomic mass is 16.6. The largest absolute Gasteiger partial charge is 0.504 e. The second-order valence-electron chi connectivity index (χ2n) is 5.40. The number of rotatable bonds is 6. The van der Waals surface area contributed by atoms with Crippen LogP contribution in [-0.4, -0.2) is 28.7 Å². The lowest BCUT2D eigenvalue weighted by atomic mass is 10.1. The lowest BCUT2D eigenvalue weighted by Crippen LogP contribution is -2.00. The van der Waals surface area contributed by atoms with Crippen molar-refractivity contribution in [1.29, 1.82) is 0 Å². The summed E-state index contributed by atoms with van der Waals surface area (Å²) in [6, 6.07) is 9.99. The zero-order valence-corrected chi connectivity index (χ0v) is 14.2. The first-order valence-electron chi connectivity index (χ1n) is 7.87. The molecule has 3 rings (SSSR count). The second-order valence-corrected chi connectivity index (χ2v) is 5.40. The third-order valence-corrected chi connectivity index (χ3v) is 3.78. The number of ether oxygens (including phenoxy) is 2. The monoisotopic (exact) mass is 355 g/mol. The number of fused-ring (bicyclic) bond motifs is 1. The molecule has 0 spiro atoms. The van der Waals surface area contributed by atoms with Crippen LogP contribution in [0.4, 0.5) is 17.1 Å². The maximum Gasteiger partial charge on any atom is 0.311 e. The van der Waals surface area contributed by atoms with Gasteiger partial charge in [0, 0.05) is 17.1 Å². The van der Waals surface area contributed by atoms with Gasteiger partial charge in [-0.15, -0.1) is 0 Å². The van der Waals surface area contributed by atoms with E-state index in [4.69, 9.17) is 9.47 Å². The molecule has 0 aliphatic carbocycles. The predicted octanol–water partition coefficient (Wildman–Crippen LogP) is 4.00. The van der Waals surface area contributed by atoms with Gasteiger partial charge in [-0.1, -0.05) is 0 Å².